The predicted molar refractivity (Wildman–Crippen MR) is 83.7 cm³/mol. The van der Waals surface area contributed by atoms with E-state index in [4.69, 9.17) is 0 Å². The Morgan fingerprint density at radius 3 is 2.55 bits per heavy atom. The highest BCUT2D eigenvalue weighted by atomic mass is 79.9. The van der Waals surface area contributed by atoms with Crippen LogP contribution in [0.25, 0.3) is 0 Å². The highest BCUT2D eigenvalue weighted by Crippen LogP contribution is 2.19. The molecule has 5 heteroatoms. The molecule has 2 heterocycles. The molecule has 20 heavy (non-hydrogen) atoms. The van der Waals surface area contributed by atoms with Crippen LogP contribution < -0.4 is 4.90 Å². The maximum atomic E-state index is 4.31. The molecule has 104 valence electrons. The van der Waals surface area contributed by atoms with Crippen LogP contribution in [0.3, 0.4) is 0 Å². The number of benzene rings is 1. The lowest BCUT2D eigenvalue weighted by atomic mass is 10.2. The fourth-order valence-electron chi connectivity index (χ4n) is 2.47. The number of nitrogens with zero attached hydrogens (tertiary/aromatic N) is 4. The highest BCUT2D eigenvalue weighted by Gasteiger charge is 2.18. The number of anilines is 1. The summed E-state index contributed by atoms with van der Waals surface area (Å²) in [7, 11) is 0. The molecule has 1 aromatic heterocycles. The van der Waals surface area contributed by atoms with Crippen LogP contribution >= 0.6 is 15.9 Å². The second kappa shape index (κ2) is 6.33. The quantitative estimate of drug-likeness (QED) is 0.864. The lowest BCUT2D eigenvalue weighted by molar-refractivity contribution is 0.249. The molecule has 0 aliphatic carbocycles. The number of rotatable bonds is 3. The van der Waals surface area contributed by atoms with Crippen molar-refractivity contribution in [3.8, 4) is 0 Å². The van der Waals surface area contributed by atoms with Crippen LogP contribution in [0.5, 0.6) is 0 Å². The van der Waals surface area contributed by atoms with Gasteiger partial charge in [-0.2, -0.15) is 0 Å². The van der Waals surface area contributed by atoms with Crippen LogP contribution in [0.4, 0.5) is 5.82 Å². The van der Waals surface area contributed by atoms with E-state index in [0.29, 0.717) is 0 Å². The molecule has 1 saturated heterocycles. The van der Waals surface area contributed by atoms with E-state index in [1.807, 2.05) is 6.07 Å². The van der Waals surface area contributed by atoms with Crippen molar-refractivity contribution in [1.82, 2.24) is 14.9 Å². The fourth-order valence-corrected chi connectivity index (χ4v) is 2.88. The molecule has 4 nitrogen and oxygen atoms in total. The van der Waals surface area contributed by atoms with Crippen molar-refractivity contribution in [1.29, 1.82) is 0 Å². The summed E-state index contributed by atoms with van der Waals surface area (Å²) in [6.45, 7) is 5.15. The van der Waals surface area contributed by atoms with Crippen molar-refractivity contribution in [2.24, 2.45) is 0 Å². The first-order chi connectivity index (χ1) is 9.83. The summed E-state index contributed by atoms with van der Waals surface area (Å²) in [5.74, 6) is 1.03. The molecule has 0 saturated carbocycles. The maximum absolute atomic E-state index is 4.31. The highest BCUT2D eigenvalue weighted by molar-refractivity contribution is 9.10. The Kier molecular flexibility index (Phi) is 4.28. The molecule has 2 aromatic rings. The van der Waals surface area contributed by atoms with Gasteiger partial charge in [0.15, 0.2) is 0 Å². The SMILES string of the molecule is Brc1ccccc1CN1CCN(c2ccncn2)CC1. The fraction of sp³-hybridized carbons (Fsp3) is 0.333. The lowest BCUT2D eigenvalue weighted by Crippen LogP contribution is -2.46. The van der Waals surface area contributed by atoms with E-state index < -0.39 is 0 Å². The summed E-state index contributed by atoms with van der Waals surface area (Å²) >= 11 is 3.62. The molecule has 3 rings (SSSR count). The van der Waals surface area contributed by atoms with Crippen molar-refractivity contribution in [3.63, 3.8) is 0 Å². The Hall–Kier alpha value is -1.46. The van der Waals surface area contributed by atoms with E-state index in [1.165, 1.54) is 10.0 Å². The molecule has 0 radical (unpaired) electrons. The van der Waals surface area contributed by atoms with Gasteiger partial charge in [-0.15, -0.1) is 0 Å². The van der Waals surface area contributed by atoms with Gasteiger partial charge in [-0.3, -0.25) is 4.90 Å². The van der Waals surface area contributed by atoms with Gasteiger partial charge in [0.2, 0.25) is 0 Å². The number of piperazine rings is 1. The molecule has 0 amide bonds. The van der Waals surface area contributed by atoms with Gasteiger partial charge in [0.1, 0.15) is 12.1 Å². The lowest BCUT2D eigenvalue weighted by Gasteiger charge is -2.35. The summed E-state index contributed by atoms with van der Waals surface area (Å²) in [5, 5.41) is 0. The van der Waals surface area contributed by atoms with E-state index in [0.717, 1.165) is 38.5 Å². The van der Waals surface area contributed by atoms with Crippen LogP contribution in [-0.4, -0.2) is 41.0 Å². The number of aromatic nitrogens is 2. The van der Waals surface area contributed by atoms with Crippen LogP contribution in [0, 0.1) is 0 Å². The van der Waals surface area contributed by atoms with Crippen molar-refractivity contribution < 1.29 is 0 Å². The first-order valence-corrected chi connectivity index (χ1v) is 7.59. The third kappa shape index (κ3) is 3.16. The Labute approximate surface area is 127 Å². The van der Waals surface area contributed by atoms with Crippen molar-refractivity contribution in [2.45, 2.75) is 6.54 Å². The zero-order valence-electron chi connectivity index (χ0n) is 11.2. The number of halogens is 1. The van der Waals surface area contributed by atoms with E-state index in [2.05, 4.69) is 60.0 Å². The summed E-state index contributed by atoms with van der Waals surface area (Å²) in [5.41, 5.74) is 1.35. The molecule has 0 atom stereocenters. The second-order valence-corrected chi connectivity index (χ2v) is 5.78. The third-order valence-corrected chi connectivity index (χ3v) is 4.39. The van der Waals surface area contributed by atoms with Crippen LogP contribution in [0.15, 0.2) is 47.3 Å². The van der Waals surface area contributed by atoms with Crippen molar-refractivity contribution >= 4 is 21.7 Å². The van der Waals surface area contributed by atoms with Gasteiger partial charge in [0.25, 0.3) is 0 Å². The minimum Gasteiger partial charge on any atom is -0.354 e. The standard InChI is InChI=1S/C15H17BrN4/c16-14-4-2-1-3-13(14)11-19-7-9-20(10-8-19)15-5-6-17-12-18-15/h1-6,12H,7-11H2. The topological polar surface area (TPSA) is 32.3 Å². The van der Waals surface area contributed by atoms with E-state index in [9.17, 15) is 0 Å². The largest absolute Gasteiger partial charge is 0.354 e. The molecule has 0 unspecified atom stereocenters. The zero-order chi connectivity index (χ0) is 13.8. The van der Waals surface area contributed by atoms with Gasteiger partial charge in [-0.1, -0.05) is 34.1 Å². The number of hydrogen-bond donors (Lipinski definition) is 0. The van der Waals surface area contributed by atoms with Gasteiger partial charge in [-0.25, -0.2) is 9.97 Å². The van der Waals surface area contributed by atoms with E-state index in [-0.39, 0.29) is 0 Å². The molecule has 0 bridgehead atoms. The molecule has 1 fully saturated rings. The Morgan fingerprint density at radius 2 is 1.85 bits per heavy atom. The molecular weight excluding hydrogens is 316 g/mol. The zero-order valence-corrected chi connectivity index (χ0v) is 12.8. The van der Waals surface area contributed by atoms with Crippen LogP contribution in [0.2, 0.25) is 0 Å². The summed E-state index contributed by atoms with van der Waals surface area (Å²) in [6.07, 6.45) is 3.42. The average Bonchev–Trinajstić information content (AvgIpc) is 2.51. The molecule has 1 aliphatic rings. The van der Waals surface area contributed by atoms with Gasteiger partial charge in [0, 0.05) is 43.4 Å². The number of hydrogen-bond acceptors (Lipinski definition) is 4. The summed E-state index contributed by atoms with van der Waals surface area (Å²) in [4.78, 5) is 13.1. The predicted octanol–water partition coefficient (Wildman–Crippen LogP) is 2.56. The van der Waals surface area contributed by atoms with Crippen molar-refractivity contribution in [2.75, 3.05) is 31.1 Å². The van der Waals surface area contributed by atoms with Crippen LogP contribution in [0.1, 0.15) is 5.56 Å². The van der Waals surface area contributed by atoms with Gasteiger partial charge >= 0.3 is 0 Å². The normalized spacial score (nSPS) is 16.4. The smallest absolute Gasteiger partial charge is 0.131 e. The Balaban J connectivity index is 1.58. The summed E-state index contributed by atoms with van der Waals surface area (Å²) in [6, 6.07) is 10.4. The maximum Gasteiger partial charge on any atom is 0.131 e. The van der Waals surface area contributed by atoms with Gasteiger partial charge < -0.3 is 4.90 Å². The first kappa shape index (κ1) is 13.5. The monoisotopic (exact) mass is 332 g/mol. The third-order valence-electron chi connectivity index (χ3n) is 3.61. The minimum absolute atomic E-state index is 0.999. The molecule has 1 aromatic carbocycles. The minimum atomic E-state index is 0.999. The van der Waals surface area contributed by atoms with E-state index in [1.54, 1.807) is 12.5 Å². The van der Waals surface area contributed by atoms with Gasteiger partial charge in [0.05, 0.1) is 0 Å². The second-order valence-electron chi connectivity index (χ2n) is 4.92. The Morgan fingerprint density at radius 1 is 1.05 bits per heavy atom. The first-order valence-electron chi connectivity index (χ1n) is 6.79. The molecule has 1 aliphatic heterocycles. The average molecular weight is 333 g/mol. The van der Waals surface area contributed by atoms with Crippen molar-refractivity contribution in [3.05, 3.63) is 52.9 Å². The molecular formula is C15H17BrN4. The van der Waals surface area contributed by atoms with E-state index >= 15 is 0 Å². The molecule has 0 N–H and O–H groups in total. The summed E-state index contributed by atoms with van der Waals surface area (Å²) < 4.78 is 1.19. The Bertz CT molecular complexity index is 553. The van der Waals surface area contributed by atoms with Crippen LogP contribution in [-0.2, 0) is 6.54 Å². The molecule has 0 spiro atoms. The van der Waals surface area contributed by atoms with Gasteiger partial charge in [-0.05, 0) is 17.7 Å².